The maximum atomic E-state index is 9.39. The number of nitrogens with zero attached hydrogens (tertiary/aromatic N) is 2. The van der Waals surface area contributed by atoms with Gasteiger partial charge < -0.3 is 4.90 Å². The first-order valence-corrected chi connectivity index (χ1v) is 5.76. The van der Waals surface area contributed by atoms with Gasteiger partial charge in [-0.2, -0.15) is 5.26 Å². The Balaban J connectivity index is 2.72. The number of nitrogens with one attached hydrogen (secondary N) is 1. The minimum Gasteiger partial charge on any atom is -0.306 e. The third kappa shape index (κ3) is 3.81. The minimum absolute atomic E-state index is 0.0125. The maximum absolute atomic E-state index is 9.39. The average molecular weight is 209 g/mol. The molecule has 0 spiro atoms. The van der Waals surface area contributed by atoms with Crippen LogP contribution in [0.5, 0.6) is 0 Å². The van der Waals surface area contributed by atoms with Crippen molar-refractivity contribution in [2.45, 2.75) is 51.1 Å². The highest BCUT2D eigenvalue weighted by Crippen LogP contribution is 2.24. The summed E-state index contributed by atoms with van der Waals surface area (Å²) in [5.74, 6) is 0. The zero-order valence-electron chi connectivity index (χ0n) is 10.4. The van der Waals surface area contributed by atoms with Crippen LogP contribution in [0, 0.1) is 11.3 Å². The highest BCUT2D eigenvalue weighted by atomic mass is 15.1. The molecular weight excluding hydrogens is 186 g/mol. The lowest BCUT2D eigenvalue weighted by atomic mass is 9.89. The highest BCUT2D eigenvalue weighted by molar-refractivity contribution is 5.10. The maximum Gasteiger partial charge on any atom is 0.108 e. The lowest BCUT2D eigenvalue weighted by Gasteiger charge is -2.34. The number of likely N-dealkylation sites (tertiary alicyclic amines) is 1. The first kappa shape index (κ1) is 12.5. The first-order valence-electron chi connectivity index (χ1n) is 5.76. The van der Waals surface area contributed by atoms with Crippen LogP contribution in [-0.4, -0.2) is 36.1 Å². The Morgan fingerprint density at radius 3 is 2.47 bits per heavy atom. The molecule has 1 unspecified atom stereocenters. The van der Waals surface area contributed by atoms with E-state index >= 15 is 0 Å². The Labute approximate surface area is 93.5 Å². The van der Waals surface area contributed by atoms with Gasteiger partial charge in [-0.3, -0.25) is 5.32 Å². The second-order valence-corrected chi connectivity index (χ2v) is 5.73. The normalized spacial score (nSPS) is 29.5. The predicted octanol–water partition coefficient (Wildman–Crippen LogP) is 1.75. The lowest BCUT2D eigenvalue weighted by Crippen LogP contribution is -2.53. The fourth-order valence-corrected chi connectivity index (χ4v) is 2.25. The van der Waals surface area contributed by atoms with Gasteiger partial charge in [-0.15, -0.1) is 0 Å². The molecule has 0 aromatic heterocycles. The summed E-state index contributed by atoms with van der Waals surface area (Å²) >= 11 is 0. The Morgan fingerprint density at radius 1 is 1.27 bits per heavy atom. The van der Waals surface area contributed by atoms with Gasteiger partial charge in [0.15, 0.2) is 0 Å². The molecule has 0 amide bonds. The van der Waals surface area contributed by atoms with Crippen molar-refractivity contribution in [2.75, 3.05) is 20.1 Å². The van der Waals surface area contributed by atoms with E-state index in [1.54, 1.807) is 0 Å². The molecule has 1 N–H and O–H groups in total. The molecule has 1 rings (SSSR count). The van der Waals surface area contributed by atoms with Gasteiger partial charge in [0.1, 0.15) is 5.54 Å². The molecule has 1 aliphatic heterocycles. The van der Waals surface area contributed by atoms with E-state index in [9.17, 15) is 5.26 Å². The van der Waals surface area contributed by atoms with Crippen molar-refractivity contribution in [1.29, 1.82) is 5.26 Å². The van der Waals surface area contributed by atoms with E-state index in [0.717, 1.165) is 32.4 Å². The van der Waals surface area contributed by atoms with Crippen LogP contribution in [0.15, 0.2) is 0 Å². The fourth-order valence-electron chi connectivity index (χ4n) is 2.25. The lowest BCUT2D eigenvalue weighted by molar-refractivity contribution is 0.268. The van der Waals surface area contributed by atoms with Crippen LogP contribution in [0.3, 0.4) is 0 Å². The molecule has 0 aromatic carbocycles. The van der Waals surface area contributed by atoms with E-state index in [1.807, 2.05) is 0 Å². The zero-order valence-corrected chi connectivity index (χ0v) is 10.4. The Morgan fingerprint density at radius 2 is 1.93 bits per heavy atom. The fraction of sp³-hybridized carbons (Fsp3) is 0.917. The molecule has 0 saturated carbocycles. The van der Waals surface area contributed by atoms with E-state index in [4.69, 9.17) is 0 Å². The predicted molar refractivity (Wildman–Crippen MR) is 62.6 cm³/mol. The van der Waals surface area contributed by atoms with Gasteiger partial charge in [0, 0.05) is 12.1 Å². The Hall–Kier alpha value is -0.590. The largest absolute Gasteiger partial charge is 0.306 e. The smallest absolute Gasteiger partial charge is 0.108 e. The van der Waals surface area contributed by atoms with E-state index in [1.165, 1.54) is 0 Å². The van der Waals surface area contributed by atoms with Crippen LogP contribution in [0.4, 0.5) is 0 Å². The molecule has 1 fully saturated rings. The van der Waals surface area contributed by atoms with E-state index in [0.29, 0.717) is 0 Å². The first-order chi connectivity index (χ1) is 6.87. The van der Waals surface area contributed by atoms with Crippen molar-refractivity contribution in [3.63, 3.8) is 0 Å². The van der Waals surface area contributed by atoms with Crippen molar-refractivity contribution in [3.8, 4) is 6.07 Å². The van der Waals surface area contributed by atoms with Gasteiger partial charge in [-0.1, -0.05) is 0 Å². The quantitative estimate of drug-likeness (QED) is 0.715. The van der Waals surface area contributed by atoms with Crippen LogP contribution in [0.2, 0.25) is 0 Å². The number of hydrogen-bond acceptors (Lipinski definition) is 3. The number of hydrogen-bond donors (Lipinski definition) is 1. The minimum atomic E-state index is -0.316. The summed E-state index contributed by atoms with van der Waals surface area (Å²) < 4.78 is 0. The molecule has 1 aliphatic rings. The second-order valence-electron chi connectivity index (χ2n) is 5.73. The zero-order chi connectivity index (χ0) is 11.5. The van der Waals surface area contributed by atoms with Gasteiger partial charge in [0.25, 0.3) is 0 Å². The van der Waals surface area contributed by atoms with Gasteiger partial charge >= 0.3 is 0 Å². The highest BCUT2D eigenvalue weighted by Gasteiger charge is 2.34. The molecule has 1 saturated heterocycles. The monoisotopic (exact) mass is 209 g/mol. The third-order valence-corrected chi connectivity index (χ3v) is 2.89. The molecule has 0 aromatic rings. The molecule has 86 valence electrons. The van der Waals surface area contributed by atoms with Gasteiger partial charge in [0.05, 0.1) is 6.07 Å². The summed E-state index contributed by atoms with van der Waals surface area (Å²) in [4.78, 5) is 2.31. The summed E-state index contributed by atoms with van der Waals surface area (Å²) in [6, 6.07) is 2.50. The van der Waals surface area contributed by atoms with Gasteiger partial charge in [0.2, 0.25) is 0 Å². The second kappa shape index (κ2) is 4.51. The Bertz CT molecular complexity index is 249. The van der Waals surface area contributed by atoms with Crippen LogP contribution < -0.4 is 5.32 Å². The topological polar surface area (TPSA) is 39.1 Å². The van der Waals surface area contributed by atoms with Crippen LogP contribution in [0.1, 0.15) is 40.0 Å². The summed E-state index contributed by atoms with van der Waals surface area (Å²) in [6.07, 6.45) is 3.00. The summed E-state index contributed by atoms with van der Waals surface area (Å²) in [6.45, 7) is 8.49. The van der Waals surface area contributed by atoms with Crippen molar-refractivity contribution in [3.05, 3.63) is 0 Å². The number of nitriles is 1. The van der Waals surface area contributed by atoms with E-state index in [2.05, 4.69) is 44.1 Å². The van der Waals surface area contributed by atoms with Crippen LogP contribution >= 0.6 is 0 Å². The van der Waals surface area contributed by atoms with Crippen molar-refractivity contribution < 1.29 is 0 Å². The summed E-state index contributed by atoms with van der Waals surface area (Å²) in [7, 11) is 2.13. The molecule has 0 radical (unpaired) electrons. The van der Waals surface area contributed by atoms with Crippen LogP contribution in [-0.2, 0) is 0 Å². The third-order valence-electron chi connectivity index (χ3n) is 2.89. The molecule has 1 heterocycles. The van der Waals surface area contributed by atoms with Gasteiger partial charge in [-0.25, -0.2) is 0 Å². The molecule has 15 heavy (non-hydrogen) atoms. The van der Waals surface area contributed by atoms with E-state index in [-0.39, 0.29) is 11.1 Å². The molecule has 1 atom stereocenters. The molecule has 0 aliphatic carbocycles. The Kier molecular flexibility index (Phi) is 3.75. The van der Waals surface area contributed by atoms with Gasteiger partial charge in [-0.05, 0) is 53.6 Å². The summed E-state index contributed by atoms with van der Waals surface area (Å²) in [5, 5.41) is 12.9. The summed E-state index contributed by atoms with van der Waals surface area (Å²) in [5.41, 5.74) is -0.304. The average Bonchev–Trinajstić information content (AvgIpc) is 2.27. The molecule has 3 heteroatoms. The molecule has 3 nitrogen and oxygen atoms in total. The van der Waals surface area contributed by atoms with Crippen LogP contribution in [0.25, 0.3) is 0 Å². The standard InChI is InChI=1S/C12H23N3/c1-11(2,3)14-12(10-13)6-5-8-15(4)9-7-12/h14H,5-9H2,1-4H3. The molecular formula is C12H23N3. The van der Waals surface area contributed by atoms with Crippen molar-refractivity contribution in [1.82, 2.24) is 10.2 Å². The SMILES string of the molecule is CN1CCCC(C#N)(NC(C)(C)C)CC1. The number of rotatable bonds is 1. The van der Waals surface area contributed by atoms with Crippen molar-refractivity contribution >= 4 is 0 Å². The van der Waals surface area contributed by atoms with Crippen molar-refractivity contribution in [2.24, 2.45) is 0 Å². The molecule has 0 bridgehead atoms. The van der Waals surface area contributed by atoms with E-state index < -0.39 is 0 Å².